The normalized spacial score (nSPS) is 18.7. The number of ether oxygens (including phenoxy) is 2. The Hall–Kier alpha value is -1.65. The Labute approximate surface area is 131 Å². The number of amides is 2. The maximum atomic E-state index is 12.1. The third-order valence-electron chi connectivity index (χ3n) is 3.28. The fraction of sp³-hybridized carbons (Fsp3) is 0.800. The lowest BCUT2D eigenvalue weighted by molar-refractivity contribution is -0.147. The third-order valence-corrected chi connectivity index (χ3v) is 3.28. The highest BCUT2D eigenvalue weighted by atomic mass is 16.5. The summed E-state index contributed by atoms with van der Waals surface area (Å²) in [6, 6.07) is 1.45. The summed E-state index contributed by atoms with van der Waals surface area (Å²) in [7, 11) is 0. The minimum atomic E-state index is -0.639. The van der Waals surface area contributed by atoms with Crippen LogP contribution in [0, 0.1) is 11.3 Å². The average Bonchev–Trinajstić information content (AvgIpc) is 2.49. The molecule has 0 aromatic heterocycles. The molecule has 1 heterocycles. The first kappa shape index (κ1) is 18.4. The van der Waals surface area contributed by atoms with E-state index in [-0.39, 0.29) is 43.8 Å². The number of hydrogen-bond donors (Lipinski definition) is 0. The van der Waals surface area contributed by atoms with Crippen molar-refractivity contribution < 1.29 is 19.1 Å². The van der Waals surface area contributed by atoms with E-state index in [1.54, 1.807) is 4.90 Å². The second-order valence-corrected chi connectivity index (χ2v) is 5.79. The molecule has 0 radical (unpaired) electrons. The van der Waals surface area contributed by atoms with Gasteiger partial charge in [-0.2, -0.15) is 5.26 Å². The first-order chi connectivity index (χ1) is 10.3. The van der Waals surface area contributed by atoms with Gasteiger partial charge in [0.15, 0.2) is 0 Å². The number of rotatable bonds is 6. The zero-order valence-electron chi connectivity index (χ0n) is 13.7. The molecule has 0 spiro atoms. The third kappa shape index (κ3) is 5.62. The SMILES string of the molecule is CC(C)OCC(=O)N1CCN(C(=O)COC(C)C)[C@H](C#N)C1. The molecule has 2 amide bonds. The smallest absolute Gasteiger partial charge is 0.249 e. The van der Waals surface area contributed by atoms with Crippen molar-refractivity contribution in [2.45, 2.75) is 45.9 Å². The molecule has 0 bridgehead atoms. The molecule has 124 valence electrons. The van der Waals surface area contributed by atoms with E-state index < -0.39 is 6.04 Å². The molecule has 0 saturated carbocycles. The van der Waals surface area contributed by atoms with E-state index in [1.807, 2.05) is 27.7 Å². The number of piperazine rings is 1. The average molecular weight is 311 g/mol. The van der Waals surface area contributed by atoms with Crippen molar-refractivity contribution in [2.24, 2.45) is 0 Å². The predicted octanol–water partition coefficient (Wildman–Crippen LogP) is 0.399. The van der Waals surface area contributed by atoms with Gasteiger partial charge < -0.3 is 19.3 Å². The van der Waals surface area contributed by atoms with Crippen LogP contribution in [0.1, 0.15) is 27.7 Å². The molecule has 7 nitrogen and oxygen atoms in total. The summed E-state index contributed by atoms with van der Waals surface area (Å²) in [6.45, 7) is 8.33. The number of carbonyl (C=O) groups excluding carboxylic acids is 2. The van der Waals surface area contributed by atoms with Crippen LogP contribution >= 0.6 is 0 Å². The first-order valence-electron chi connectivity index (χ1n) is 7.55. The standard InChI is InChI=1S/C15H25N3O4/c1-11(2)21-9-14(19)17-5-6-18(13(7-16)8-17)15(20)10-22-12(3)4/h11-13H,5-6,8-10H2,1-4H3/t13-/m1/s1. The summed E-state index contributed by atoms with van der Waals surface area (Å²) in [6.07, 6.45) is -0.0627. The van der Waals surface area contributed by atoms with Gasteiger partial charge in [0.2, 0.25) is 11.8 Å². The highest BCUT2D eigenvalue weighted by Gasteiger charge is 2.32. The van der Waals surface area contributed by atoms with Gasteiger partial charge in [0, 0.05) is 13.1 Å². The highest BCUT2D eigenvalue weighted by molar-refractivity contribution is 5.80. The van der Waals surface area contributed by atoms with Gasteiger partial charge in [-0.1, -0.05) is 0 Å². The molecule has 0 unspecified atom stereocenters. The molecule has 1 aliphatic rings. The first-order valence-corrected chi connectivity index (χ1v) is 7.55. The number of nitrogens with zero attached hydrogens (tertiary/aromatic N) is 3. The quantitative estimate of drug-likeness (QED) is 0.709. The Kier molecular flexibility index (Phi) is 7.28. The molecule has 1 rings (SSSR count). The van der Waals surface area contributed by atoms with Crippen LogP contribution < -0.4 is 0 Å². The van der Waals surface area contributed by atoms with E-state index in [0.29, 0.717) is 13.1 Å². The Morgan fingerprint density at radius 1 is 1.09 bits per heavy atom. The van der Waals surface area contributed by atoms with Crippen LogP contribution in [0.25, 0.3) is 0 Å². The minimum absolute atomic E-state index is 0.000220. The van der Waals surface area contributed by atoms with Crippen LogP contribution in [0.4, 0.5) is 0 Å². The predicted molar refractivity (Wildman–Crippen MR) is 79.9 cm³/mol. The molecule has 1 fully saturated rings. The molecule has 0 aromatic carbocycles. The molecular formula is C15H25N3O4. The maximum absolute atomic E-state index is 12.1. The van der Waals surface area contributed by atoms with Gasteiger partial charge in [0.1, 0.15) is 19.3 Å². The van der Waals surface area contributed by atoms with Crippen LogP contribution in [0.2, 0.25) is 0 Å². The Morgan fingerprint density at radius 2 is 1.64 bits per heavy atom. The fourth-order valence-corrected chi connectivity index (χ4v) is 2.07. The zero-order chi connectivity index (χ0) is 16.7. The summed E-state index contributed by atoms with van der Waals surface area (Å²) in [4.78, 5) is 27.2. The minimum Gasteiger partial charge on any atom is -0.369 e. The van der Waals surface area contributed by atoms with Gasteiger partial charge in [0.05, 0.1) is 24.8 Å². The van der Waals surface area contributed by atoms with Gasteiger partial charge in [-0.05, 0) is 27.7 Å². The number of hydrogen-bond acceptors (Lipinski definition) is 5. The van der Waals surface area contributed by atoms with Crippen LogP contribution in [-0.4, -0.2) is 72.7 Å². The van der Waals surface area contributed by atoms with Crippen molar-refractivity contribution in [2.75, 3.05) is 32.8 Å². The van der Waals surface area contributed by atoms with E-state index in [1.165, 1.54) is 4.90 Å². The summed E-state index contributed by atoms with van der Waals surface area (Å²) >= 11 is 0. The summed E-state index contributed by atoms with van der Waals surface area (Å²) in [5, 5.41) is 9.25. The van der Waals surface area contributed by atoms with Crippen LogP contribution in [0.5, 0.6) is 0 Å². The monoisotopic (exact) mass is 311 g/mol. The lowest BCUT2D eigenvalue weighted by Crippen LogP contribution is -2.57. The van der Waals surface area contributed by atoms with Gasteiger partial charge in [-0.3, -0.25) is 9.59 Å². The van der Waals surface area contributed by atoms with Gasteiger partial charge >= 0.3 is 0 Å². The highest BCUT2D eigenvalue weighted by Crippen LogP contribution is 2.11. The number of nitriles is 1. The van der Waals surface area contributed by atoms with Crippen molar-refractivity contribution in [3.63, 3.8) is 0 Å². The molecular weight excluding hydrogens is 286 g/mol. The van der Waals surface area contributed by atoms with Crippen LogP contribution in [0.3, 0.4) is 0 Å². The maximum Gasteiger partial charge on any atom is 0.249 e. The molecule has 0 aromatic rings. The molecule has 22 heavy (non-hydrogen) atoms. The fourth-order valence-electron chi connectivity index (χ4n) is 2.07. The lowest BCUT2D eigenvalue weighted by atomic mass is 10.2. The lowest BCUT2D eigenvalue weighted by Gasteiger charge is -2.38. The van der Waals surface area contributed by atoms with Crippen molar-refractivity contribution in [1.29, 1.82) is 5.26 Å². The molecule has 1 atom stereocenters. The summed E-state index contributed by atoms with van der Waals surface area (Å²) in [5.74, 6) is -0.370. The van der Waals surface area contributed by atoms with E-state index in [4.69, 9.17) is 9.47 Å². The van der Waals surface area contributed by atoms with Crippen molar-refractivity contribution in [3.8, 4) is 6.07 Å². The van der Waals surface area contributed by atoms with Gasteiger partial charge in [-0.15, -0.1) is 0 Å². The molecule has 7 heteroatoms. The van der Waals surface area contributed by atoms with E-state index >= 15 is 0 Å². The zero-order valence-corrected chi connectivity index (χ0v) is 13.7. The summed E-state index contributed by atoms with van der Waals surface area (Å²) in [5.41, 5.74) is 0. The van der Waals surface area contributed by atoms with E-state index in [9.17, 15) is 14.9 Å². The molecule has 0 N–H and O–H groups in total. The second-order valence-electron chi connectivity index (χ2n) is 5.79. The van der Waals surface area contributed by atoms with E-state index in [0.717, 1.165) is 0 Å². The van der Waals surface area contributed by atoms with Crippen LogP contribution in [-0.2, 0) is 19.1 Å². The van der Waals surface area contributed by atoms with E-state index in [2.05, 4.69) is 6.07 Å². The second kappa shape index (κ2) is 8.71. The van der Waals surface area contributed by atoms with Crippen molar-refractivity contribution in [3.05, 3.63) is 0 Å². The molecule has 1 saturated heterocycles. The largest absolute Gasteiger partial charge is 0.369 e. The number of carbonyl (C=O) groups is 2. The van der Waals surface area contributed by atoms with Crippen molar-refractivity contribution >= 4 is 11.8 Å². The van der Waals surface area contributed by atoms with Crippen molar-refractivity contribution in [1.82, 2.24) is 9.80 Å². The Balaban J connectivity index is 2.55. The Morgan fingerprint density at radius 3 is 2.14 bits per heavy atom. The molecule has 1 aliphatic heterocycles. The topological polar surface area (TPSA) is 82.9 Å². The molecule has 0 aliphatic carbocycles. The summed E-state index contributed by atoms with van der Waals surface area (Å²) < 4.78 is 10.6. The van der Waals surface area contributed by atoms with Gasteiger partial charge in [-0.25, -0.2) is 0 Å². The Bertz CT molecular complexity index is 431. The van der Waals surface area contributed by atoms with Gasteiger partial charge in [0.25, 0.3) is 0 Å². The van der Waals surface area contributed by atoms with Crippen LogP contribution in [0.15, 0.2) is 0 Å².